The first-order valence-electron chi connectivity index (χ1n) is 6.80. The van der Waals surface area contributed by atoms with Crippen molar-refractivity contribution in [3.05, 3.63) is 17.0 Å². The van der Waals surface area contributed by atoms with Crippen LogP contribution in [0.25, 0.3) is 0 Å². The summed E-state index contributed by atoms with van der Waals surface area (Å²) in [6.07, 6.45) is 0.352. The number of nitrogens with zero attached hydrogens (tertiary/aromatic N) is 1. The number of amides is 1. The molecule has 2 rings (SSSR count). The van der Waals surface area contributed by atoms with Crippen molar-refractivity contribution in [2.75, 3.05) is 11.4 Å². The van der Waals surface area contributed by atoms with Crippen LogP contribution in [0.1, 0.15) is 44.5 Å². The molecule has 1 aromatic rings. The number of hydrogen-bond acceptors (Lipinski definition) is 5. The van der Waals surface area contributed by atoms with Gasteiger partial charge in [-0.05, 0) is 11.4 Å². The van der Waals surface area contributed by atoms with Gasteiger partial charge in [-0.25, -0.2) is 0 Å². The van der Waals surface area contributed by atoms with E-state index in [0.29, 0.717) is 23.5 Å². The molecule has 1 aliphatic heterocycles. The molecule has 0 N–H and O–H groups in total. The average molecular weight is 325 g/mol. The van der Waals surface area contributed by atoms with Gasteiger partial charge in [0.25, 0.3) is 0 Å². The summed E-state index contributed by atoms with van der Waals surface area (Å²) >= 11 is 2.61. The minimum atomic E-state index is -0.480. The van der Waals surface area contributed by atoms with Gasteiger partial charge in [0, 0.05) is 30.6 Å². The van der Waals surface area contributed by atoms with E-state index in [-0.39, 0.29) is 22.1 Å². The van der Waals surface area contributed by atoms with E-state index in [1.807, 2.05) is 26.2 Å². The van der Waals surface area contributed by atoms with E-state index in [1.165, 1.54) is 30.0 Å². The Kier molecular flexibility index (Phi) is 4.58. The molecule has 0 aromatic carbocycles. The van der Waals surface area contributed by atoms with Crippen LogP contribution in [0.3, 0.4) is 0 Å². The number of thiophene rings is 1. The lowest BCUT2D eigenvalue weighted by atomic mass is 9.87. The van der Waals surface area contributed by atoms with Gasteiger partial charge in [0.1, 0.15) is 5.00 Å². The first-order chi connectivity index (χ1) is 9.70. The van der Waals surface area contributed by atoms with Gasteiger partial charge in [-0.1, -0.05) is 32.5 Å². The van der Waals surface area contributed by atoms with E-state index >= 15 is 0 Å². The molecule has 0 aliphatic carbocycles. The minimum absolute atomic E-state index is 0.0147. The van der Waals surface area contributed by atoms with E-state index in [2.05, 4.69) is 0 Å². The van der Waals surface area contributed by atoms with Crippen molar-refractivity contribution in [3.63, 3.8) is 0 Å². The van der Waals surface area contributed by atoms with Crippen molar-refractivity contribution < 1.29 is 14.4 Å². The van der Waals surface area contributed by atoms with E-state index in [4.69, 9.17) is 0 Å². The molecule has 1 amide bonds. The summed E-state index contributed by atoms with van der Waals surface area (Å²) in [5.41, 5.74) is 0.126. The van der Waals surface area contributed by atoms with Crippen molar-refractivity contribution in [2.24, 2.45) is 5.41 Å². The highest BCUT2D eigenvalue weighted by atomic mass is 32.2. The summed E-state index contributed by atoms with van der Waals surface area (Å²) in [6, 6.07) is 1.78. The number of Topliss-reactive ketones (excluding diaryl/α,β-unsaturated/α-hetero) is 1. The second kappa shape index (κ2) is 5.93. The Bertz CT molecular complexity index is 586. The lowest BCUT2D eigenvalue weighted by Crippen LogP contribution is -2.28. The fourth-order valence-corrected chi connectivity index (χ4v) is 4.12. The number of carbonyl (C=O) groups excluding carboxylic acids is 3. The van der Waals surface area contributed by atoms with Crippen LogP contribution in [0.15, 0.2) is 11.4 Å². The first-order valence-corrected chi connectivity index (χ1v) is 8.56. The molecule has 1 atom stereocenters. The lowest BCUT2D eigenvalue weighted by Gasteiger charge is -2.20. The zero-order valence-electron chi connectivity index (χ0n) is 12.6. The highest BCUT2D eigenvalue weighted by molar-refractivity contribution is 8.14. The van der Waals surface area contributed by atoms with E-state index in [9.17, 15) is 14.4 Å². The average Bonchev–Trinajstić information content (AvgIpc) is 2.92. The molecule has 1 saturated heterocycles. The highest BCUT2D eigenvalue weighted by Crippen LogP contribution is 2.37. The number of thioether (sulfide) groups is 1. The van der Waals surface area contributed by atoms with Crippen molar-refractivity contribution in [1.29, 1.82) is 0 Å². The topological polar surface area (TPSA) is 54.5 Å². The number of hydrogen-bond donors (Lipinski definition) is 0. The second-order valence-corrected chi connectivity index (χ2v) is 8.53. The molecule has 4 nitrogen and oxygen atoms in total. The predicted octanol–water partition coefficient (Wildman–Crippen LogP) is 3.36. The van der Waals surface area contributed by atoms with Crippen LogP contribution in [0.4, 0.5) is 5.00 Å². The van der Waals surface area contributed by atoms with E-state index in [1.54, 1.807) is 11.0 Å². The third-order valence-corrected chi connectivity index (χ3v) is 5.15. The van der Waals surface area contributed by atoms with Crippen molar-refractivity contribution >= 4 is 44.9 Å². The van der Waals surface area contributed by atoms with Crippen molar-refractivity contribution in [3.8, 4) is 0 Å². The molecule has 21 heavy (non-hydrogen) atoms. The summed E-state index contributed by atoms with van der Waals surface area (Å²) in [6.45, 7) is 7.62. The molecule has 1 unspecified atom stereocenters. The molecule has 0 radical (unpaired) electrons. The summed E-state index contributed by atoms with van der Waals surface area (Å²) in [7, 11) is 0. The van der Waals surface area contributed by atoms with Crippen molar-refractivity contribution in [2.45, 2.75) is 39.4 Å². The molecule has 114 valence electrons. The summed E-state index contributed by atoms with van der Waals surface area (Å²) < 4.78 is 0. The maximum absolute atomic E-state index is 12.5. The van der Waals surface area contributed by atoms with Crippen LogP contribution >= 0.6 is 23.1 Å². The number of anilines is 1. The molecule has 1 fully saturated rings. The molecule has 1 aliphatic rings. The maximum Gasteiger partial charge on any atom is 0.228 e. The van der Waals surface area contributed by atoms with Crippen LogP contribution in [0.2, 0.25) is 0 Å². The highest BCUT2D eigenvalue weighted by Gasteiger charge is 2.36. The van der Waals surface area contributed by atoms with Gasteiger partial charge in [-0.15, -0.1) is 11.3 Å². The molecule has 0 saturated carbocycles. The maximum atomic E-state index is 12.5. The Morgan fingerprint density at radius 2 is 2.05 bits per heavy atom. The molecular formula is C15H19NO3S2. The molecule has 1 aromatic heterocycles. The normalized spacial score (nSPS) is 19.1. The Hall–Kier alpha value is -1.14. The molecule has 0 bridgehead atoms. The third-order valence-electron chi connectivity index (χ3n) is 3.24. The smallest absolute Gasteiger partial charge is 0.228 e. The van der Waals surface area contributed by atoms with Gasteiger partial charge in [0.2, 0.25) is 5.91 Å². The summed E-state index contributed by atoms with van der Waals surface area (Å²) in [5, 5.41) is 2.56. The van der Waals surface area contributed by atoms with Gasteiger partial charge < -0.3 is 4.90 Å². The van der Waals surface area contributed by atoms with Gasteiger partial charge in [-0.2, -0.15) is 0 Å². The van der Waals surface area contributed by atoms with Crippen LogP contribution in [0, 0.1) is 5.41 Å². The molecule has 0 spiro atoms. The Balaban J connectivity index is 2.24. The second-order valence-electron chi connectivity index (χ2n) is 6.16. The fourth-order valence-electron chi connectivity index (χ4n) is 2.27. The van der Waals surface area contributed by atoms with Gasteiger partial charge in [-0.3, -0.25) is 14.4 Å². The molecule has 2 heterocycles. The Morgan fingerprint density at radius 3 is 2.62 bits per heavy atom. The monoisotopic (exact) mass is 325 g/mol. The summed E-state index contributed by atoms with van der Waals surface area (Å²) in [4.78, 5) is 37.5. The Morgan fingerprint density at radius 1 is 1.38 bits per heavy atom. The SMILES string of the molecule is CC(=O)SC1CC(=O)N(c2sccc2C(=O)C(C)(C)C)C1. The van der Waals surface area contributed by atoms with Gasteiger partial charge >= 0.3 is 0 Å². The van der Waals surface area contributed by atoms with E-state index in [0.717, 1.165) is 0 Å². The minimum Gasteiger partial charge on any atom is -0.302 e. The fraction of sp³-hybridized carbons (Fsp3) is 0.533. The largest absolute Gasteiger partial charge is 0.302 e. The van der Waals surface area contributed by atoms with Gasteiger partial charge in [0.05, 0.1) is 5.56 Å². The van der Waals surface area contributed by atoms with Crippen LogP contribution in [-0.4, -0.2) is 28.6 Å². The zero-order chi connectivity index (χ0) is 15.8. The number of carbonyl (C=O) groups is 3. The predicted molar refractivity (Wildman–Crippen MR) is 87.1 cm³/mol. The zero-order valence-corrected chi connectivity index (χ0v) is 14.3. The summed E-state index contributed by atoms with van der Waals surface area (Å²) in [5.74, 6) is 0.0216. The Labute approximate surface area is 132 Å². The van der Waals surface area contributed by atoms with Gasteiger partial charge in [0.15, 0.2) is 10.9 Å². The molecular weight excluding hydrogens is 306 g/mol. The van der Waals surface area contributed by atoms with Crippen LogP contribution < -0.4 is 4.90 Å². The third kappa shape index (κ3) is 3.55. The first kappa shape index (κ1) is 16.2. The lowest BCUT2D eigenvalue weighted by molar-refractivity contribution is -0.117. The van der Waals surface area contributed by atoms with Crippen LogP contribution in [-0.2, 0) is 9.59 Å². The number of rotatable bonds is 3. The quantitative estimate of drug-likeness (QED) is 0.800. The number of ketones is 1. The van der Waals surface area contributed by atoms with Crippen LogP contribution in [0.5, 0.6) is 0 Å². The standard InChI is InChI=1S/C15H19NO3S2/c1-9(17)21-10-7-12(18)16(8-10)14-11(5-6-20-14)13(19)15(2,3)4/h5-6,10H,7-8H2,1-4H3. The molecule has 6 heteroatoms. The van der Waals surface area contributed by atoms with E-state index < -0.39 is 5.41 Å². The van der Waals surface area contributed by atoms with Crippen molar-refractivity contribution in [1.82, 2.24) is 0 Å².